The van der Waals surface area contributed by atoms with Crippen molar-refractivity contribution in [1.82, 2.24) is 0 Å². The van der Waals surface area contributed by atoms with Gasteiger partial charge in [-0.3, -0.25) is 0 Å². The molecule has 0 fully saturated rings. The Balaban J connectivity index is 4.21. The molecule has 0 aromatic carbocycles. The molecule has 0 rings (SSSR count). The maximum absolute atomic E-state index is 3.80. The molecule has 11 heavy (non-hydrogen) atoms. The third-order valence-corrected chi connectivity index (χ3v) is 2.34. The summed E-state index contributed by atoms with van der Waals surface area (Å²) in [5.41, 5.74) is 0.419. The topological polar surface area (TPSA) is 0 Å². The van der Waals surface area contributed by atoms with E-state index >= 15 is 0 Å². The minimum atomic E-state index is 0.419. The summed E-state index contributed by atoms with van der Waals surface area (Å²) < 4.78 is 0. The van der Waals surface area contributed by atoms with Gasteiger partial charge in [0, 0.05) is 0 Å². The fourth-order valence-electron chi connectivity index (χ4n) is 1.81. The van der Waals surface area contributed by atoms with Crippen LogP contribution >= 0.6 is 0 Å². The molecule has 1 atom stereocenters. The van der Waals surface area contributed by atoms with Gasteiger partial charge in [0.05, 0.1) is 0 Å². The van der Waals surface area contributed by atoms with Crippen molar-refractivity contribution in [2.75, 3.05) is 0 Å². The SMILES string of the molecule is C=CCC(C(C)C)C(C)(C)C. The first-order chi connectivity index (χ1) is 4.89. The van der Waals surface area contributed by atoms with Crippen LogP contribution in [-0.4, -0.2) is 0 Å². The molecule has 0 radical (unpaired) electrons. The van der Waals surface area contributed by atoms with Gasteiger partial charge in [-0.15, -0.1) is 6.58 Å². The van der Waals surface area contributed by atoms with Crippen LogP contribution in [-0.2, 0) is 0 Å². The van der Waals surface area contributed by atoms with E-state index in [0.717, 1.165) is 18.3 Å². The second kappa shape index (κ2) is 3.94. The van der Waals surface area contributed by atoms with E-state index in [1.54, 1.807) is 0 Å². The summed E-state index contributed by atoms with van der Waals surface area (Å²) >= 11 is 0. The molecule has 0 heteroatoms. The van der Waals surface area contributed by atoms with Crippen LogP contribution in [0.2, 0.25) is 0 Å². The lowest BCUT2D eigenvalue weighted by Gasteiger charge is -2.33. The van der Waals surface area contributed by atoms with Gasteiger partial charge >= 0.3 is 0 Å². The molecule has 0 aliphatic rings. The molecule has 0 aromatic heterocycles. The molecule has 0 spiro atoms. The van der Waals surface area contributed by atoms with Crippen molar-refractivity contribution in [3.63, 3.8) is 0 Å². The molecule has 0 aliphatic heterocycles. The van der Waals surface area contributed by atoms with E-state index in [2.05, 4.69) is 41.2 Å². The molecule has 66 valence electrons. The Labute approximate surface area is 71.7 Å². The van der Waals surface area contributed by atoms with E-state index in [0.29, 0.717) is 5.41 Å². The van der Waals surface area contributed by atoms with Crippen LogP contribution in [0.15, 0.2) is 12.7 Å². The molecule has 0 amide bonds. The van der Waals surface area contributed by atoms with Gasteiger partial charge in [-0.25, -0.2) is 0 Å². The molecule has 0 aromatic rings. The summed E-state index contributed by atoms with van der Waals surface area (Å²) in [6, 6.07) is 0. The Morgan fingerprint density at radius 2 is 1.73 bits per heavy atom. The monoisotopic (exact) mass is 154 g/mol. The lowest BCUT2D eigenvalue weighted by Crippen LogP contribution is -2.24. The fraction of sp³-hybridized carbons (Fsp3) is 0.818. The second-order valence-electron chi connectivity index (χ2n) is 4.74. The van der Waals surface area contributed by atoms with E-state index in [9.17, 15) is 0 Å². The molecule has 0 aliphatic carbocycles. The summed E-state index contributed by atoms with van der Waals surface area (Å²) in [6.07, 6.45) is 3.18. The first-order valence-corrected chi connectivity index (χ1v) is 4.50. The van der Waals surface area contributed by atoms with Crippen molar-refractivity contribution < 1.29 is 0 Å². The van der Waals surface area contributed by atoms with E-state index < -0.39 is 0 Å². The van der Waals surface area contributed by atoms with Crippen LogP contribution in [0, 0.1) is 17.3 Å². The molecule has 0 saturated carbocycles. The average Bonchev–Trinajstić information content (AvgIpc) is 1.79. The molecule has 0 heterocycles. The highest BCUT2D eigenvalue weighted by Gasteiger charge is 2.25. The number of hydrogen-bond donors (Lipinski definition) is 0. The summed E-state index contributed by atoms with van der Waals surface area (Å²) in [6.45, 7) is 15.3. The van der Waals surface area contributed by atoms with E-state index in [-0.39, 0.29) is 0 Å². The largest absolute Gasteiger partial charge is 0.103 e. The average molecular weight is 154 g/mol. The maximum atomic E-state index is 3.80. The number of hydrogen-bond acceptors (Lipinski definition) is 0. The van der Waals surface area contributed by atoms with Gasteiger partial charge < -0.3 is 0 Å². The number of allylic oxidation sites excluding steroid dienone is 1. The lowest BCUT2D eigenvalue weighted by molar-refractivity contribution is 0.181. The van der Waals surface area contributed by atoms with Crippen molar-refractivity contribution in [2.24, 2.45) is 17.3 Å². The van der Waals surface area contributed by atoms with Crippen LogP contribution in [0.25, 0.3) is 0 Å². The van der Waals surface area contributed by atoms with Crippen molar-refractivity contribution in [2.45, 2.75) is 41.0 Å². The highest BCUT2D eigenvalue weighted by Crippen LogP contribution is 2.34. The Morgan fingerprint density at radius 3 is 1.82 bits per heavy atom. The summed E-state index contributed by atoms with van der Waals surface area (Å²) in [7, 11) is 0. The summed E-state index contributed by atoms with van der Waals surface area (Å²) in [5, 5.41) is 0. The molecule has 0 bridgehead atoms. The van der Waals surface area contributed by atoms with Crippen molar-refractivity contribution in [1.29, 1.82) is 0 Å². The molecular formula is C11H22. The van der Waals surface area contributed by atoms with Crippen LogP contribution in [0.3, 0.4) is 0 Å². The molecule has 1 unspecified atom stereocenters. The quantitative estimate of drug-likeness (QED) is 0.541. The Hall–Kier alpha value is -0.260. The molecular weight excluding hydrogens is 132 g/mol. The Bertz CT molecular complexity index is 114. The van der Waals surface area contributed by atoms with E-state index in [1.165, 1.54) is 0 Å². The van der Waals surface area contributed by atoms with Crippen LogP contribution in [0.4, 0.5) is 0 Å². The number of rotatable bonds is 3. The van der Waals surface area contributed by atoms with E-state index in [4.69, 9.17) is 0 Å². The maximum Gasteiger partial charge on any atom is -0.0308 e. The highest BCUT2D eigenvalue weighted by atomic mass is 14.3. The zero-order chi connectivity index (χ0) is 9.07. The minimum Gasteiger partial charge on any atom is -0.103 e. The van der Waals surface area contributed by atoms with Gasteiger partial charge in [0.2, 0.25) is 0 Å². The van der Waals surface area contributed by atoms with Crippen molar-refractivity contribution in [3.8, 4) is 0 Å². The zero-order valence-corrected chi connectivity index (χ0v) is 8.65. The first-order valence-electron chi connectivity index (χ1n) is 4.50. The third kappa shape index (κ3) is 3.60. The Kier molecular flexibility index (Phi) is 3.85. The molecule has 0 nitrogen and oxygen atoms in total. The minimum absolute atomic E-state index is 0.419. The zero-order valence-electron chi connectivity index (χ0n) is 8.65. The van der Waals surface area contributed by atoms with Gasteiger partial charge in [0.25, 0.3) is 0 Å². The fourth-order valence-corrected chi connectivity index (χ4v) is 1.81. The third-order valence-electron chi connectivity index (χ3n) is 2.34. The predicted octanol–water partition coefficient (Wildman–Crippen LogP) is 3.88. The van der Waals surface area contributed by atoms with Gasteiger partial charge in [-0.05, 0) is 23.7 Å². The van der Waals surface area contributed by atoms with Gasteiger partial charge in [-0.2, -0.15) is 0 Å². The van der Waals surface area contributed by atoms with Gasteiger partial charge in [-0.1, -0.05) is 40.7 Å². The lowest BCUT2D eigenvalue weighted by atomic mass is 9.73. The second-order valence-corrected chi connectivity index (χ2v) is 4.74. The van der Waals surface area contributed by atoms with Crippen molar-refractivity contribution in [3.05, 3.63) is 12.7 Å². The van der Waals surface area contributed by atoms with Crippen LogP contribution < -0.4 is 0 Å². The first kappa shape index (κ1) is 10.7. The Morgan fingerprint density at radius 1 is 1.27 bits per heavy atom. The van der Waals surface area contributed by atoms with Crippen LogP contribution in [0.5, 0.6) is 0 Å². The summed E-state index contributed by atoms with van der Waals surface area (Å²) in [4.78, 5) is 0. The predicted molar refractivity (Wildman–Crippen MR) is 52.6 cm³/mol. The highest BCUT2D eigenvalue weighted by molar-refractivity contribution is 4.82. The molecule has 0 N–H and O–H groups in total. The smallest absolute Gasteiger partial charge is 0.0308 e. The van der Waals surface area contributed by atoms with Gasteiger partial charge in [0.1, 0.15) is 0 Å². The van der Waals surface area contributed by atoms with Gasteiger partial charge in [0.15, 0.2) is 0 Å². The van der Waals surface area contributed by atoms with Crippen molar-refractivity contribution >= 4 is 0 Å². The molecule has 0 saturated heterocycles. The van der Waals surface area contributed by atoms with E-state index in [1.807, 2.05) is 6.08 Å². The normalized spacial score (nSPS) is 15.1. The van der Waals surface area contributed by atoms with Crippen LogP contribution in [0.1, 0.15) is 41.0 Å². The summed E-state index contributed by atoms with van der Waals surface area (Å²) in [5.74, 6) is 1.52. The standard InChI is InChI=1S/C11H22/c1-7-8-10(9(2)3)11(4,5)6/h7,9-10H,1,8H2,2-6H3.